The molecule has 0 saturated heterocycles. The smallest absolute Gasteiger partial charge is 0.329 e. The van der Waals surface area contributed by atoms with E-state index in [1.807, 2.05) is 86.6 Å². The molecule has 3 rings (SSSR count). The van der Waals surface area contributed by atoms with E-state index in [1.165, 1.54) is 6.21 Å². The lowest BCUT2D eigenvalue weighted by Crippen LogP contribution is -2.32. The van der Waals surface area contributed by atoms with Gasteiger partial charge in [0.15, 0.2) is 0 Å². The molecule has 3 aromatic rings. The number of hydrazone groups is 1. The minimum absolute atomic E-state index is 0.486. The van der Waals surface area contributed by atoms with Crippen molar-refractivity contribution in [3.8, 4) is 5.75 Å². The van der Waals surface area contributed by atoms with Gasteiger partial charge in [0.05, 0.1) is 6.21 Å². The Hall–Kier alpha value is -3.93. The molecule has 0 heterocycles. The Morgan fingerprint density at radius 3 is 2.20 bits per heavy atom. The third-order valence-corrected chi connectivity index (χ3v) is 4.43. The number of amides is 2. The van der Waals surface area contributed by atoms with Gasteiger partial charge in [0.25, 0.3) is 0 Å². The summed E-state index contributed by atoms with van der Waals surface area (Å²) in [5.41, 5.74) is 6.49. The second-order valence-corrected chi connectivity index (χ2v) is 6.76. The predicted octanol–water partition coefficient (Wildman–Crippen LogP) is 3.97. The van der Waals surface area contributed by atoms with Gasteiger partial charge in [-0.2, -0.15) is 5.10 Å². The highest BCUT2D eigenvalue weighted by molar-refractivity contribution is 6.39. The van der Waals surface area contributed by atoms with Crippen LogP contribution in [0.2, 0.25) is 0 Å². The summed E-state index contributed by atoms with van der Waals surface area (Å²) in [6, 6.07) is 22.8. The third kappa shape index (κ3) is 5.78. The fraction of sp³-hybridized carbons (Fsp3) is 0.125. The number of para-hydroxylation sites is 1. The van der Waals surface area contributed by atoms with Crippen LogP contribution in [0.15, 0.2) is 77.9 Å². The van der Waals surface area contributed by atoms with E-state index in [9.17, 15) is 9.59 Å². The van der Waals surface area contributed by atoms with Gasteiger partial charge in [-0.15, -0.1) is 0 Å². The van der Waals surface area contributed by atoms with E-state index in [4.69, 9.17) is 4.74 Å². The van der Waals surface area contributed by atoms with Gasteiger partial charge in [-0.1, -0.05) is 48.5 Å². The molecular formula is C24H23N3O3. The van der Waals surface area contributed by atoms with Gasteiger partial charge >= 0.3 is 11.8 Å². The van der Waals surface area contributed by atoms with Crippen LogP contribution in [-0.2, 0) is 16.2 Å². The van der Waals surface area contributed by atoms with Crippen LogP contribution in [0.4, 0.5) is 5.69 Å². The average Bonchev–Trinajstić information content (AvgIpc) is 2.76. The maximum absolute atomic E-state index is 12.1. The highest BCUT2D eigenvalue weighted by Crippen LogP contribution is 2.19. The van der Waals surface area contributed by atoms with Crippen molar-refractivity contribution in [1.29, 1.82) is 0 Å². The number of aryl methyl sites for hydroxylation is 2. The van der Waals surface area contributed by atoms with Gasteiger partial charge in [-0.3, -0.25) is 9.59 Å². The predicted molar refractivity (Wildman–Crippen MR) is 117 cm³/mol. The first kappa shape index (κ1) is 20.8. The molecule has 6 heteroatoms. The molecule has 6 nitrogen and oxygen atoms in total. The zero-order valence-corrected chi connectivity index (χ0v) is 16.9. The molecule has 0 aromatic heterocycles. The number of hydrogen-bond acceptors (Lipinski definition) is 4. The number of nitrogens with zero attached hydrogens (tertiary/aromatic N) is 1. The summed E-state index contributed by atoms with van der Waals surface area (Å²) in [4.78, 5) is 24.1. The van der Waals surface area contributed by atoms with Gasteiger partial charge in [0.2, 0.25) is 0 Å². The summed E-state index contributed by atoms with van der Waals surface area (Å²) in [6.07, 6.45) is 1.46. The Balaban J connectivity index is 1.49. The maximum atomic E-state index is 12.1. The van der Waals surface area contributed by atoms with Crippen LogP contribution in [-0.4, -0.2) is 18.0 Å². The number of hydrogen-bond donors (Lipinski definition) is 2. The zero-order chi connectivity index (χ0) is 21.3. The first-order valence-corrected chi connectivity index (χ1v) is 9.50. The number of benzene rings is 3. The van der Waals surface area contributed by atoms with E-state index >= 15 is 0 Å². The number of ether oxygens (including phenoxy) is 1. The molecule has 0 fully saturated rings. The van der Waals surface area contributed by atoms with Gasteiger partial charge in [0, 0.05) is 5.69 Å². The van der Waals surface area contributed by atoms with Crippen molar-refractivity contribution < 1.29 is 14.3 Å². The lowest BCUT2D eigenvalue weighted by Gasteiger charge is -2.10. The summed E-state index contributed by atoms with van der Waals surface area (Å²) in [5.74, 6) is -0.876. The first-order chi connectivity index (χ1) is 14.5. The molecule has 0 bridgehead atoms. The molecule has 152 valence electrons. The quantitative estimate of drug-likeness (QED) is 0.373. The highest BCUT2D eigenvalue weighted by Gasteiger charge is 2.15. The second-order valence-electron chi connectivity index (χ2n) is 6.76. The van der Waals surface area contributed by atoms with Crippen LogP contribution in [0.25, 0.3) is 0 Å². The second kappa shape index (κ2) is 10.0. The van der Waals surface area contributed by atoms with Gasteiger partial charge in [0.1, 0.15) is 12.4 Å². The van der Waals surface area contributed by atoms with E-state index < -0.39 is 11.8 Å². The molecule has 0 aliphatic carbocycles. The van der Waals surface area contributed by atoms with Crippen LogP contribution in [0.3, 0.4) is 0 Å². The summed E-state index contributed by atoms with van der Waals surface area (Å²) in [6.45, 7) is 4.22. The van der Waals surface area contributed by atoms with Crippen LogP contribution >= 0.6 is 0 Å². The van der Waals surface area contributed by atoms with E-state index in [0.717, 1.165) is 28.0 Å². The highest BCUT2D eigenvalue weighted by atomic mass is 16.5. The number of carbonyl (C=O) groups excluding carboxylic acids is 2. The van der Waals surface area contributed by atoms with Crippen molar-refractivity contribution in [2.24, 2.45) is 5.10 Å². The van der Waals surface area contributed by atoms with E-state index in [-0.39, 0.29) is 0 Å². The minimum Gasteiger partial charge on any atom is -0.489 e. The van der Waals surface area contributed by atoms with E-state index in [0.29, 0.717) is 12.3 Å². The van der Waals surface area contributed by atoms with Crippen molar-refractivity contribution in [2.45, 2.75) is 20.5 Å². The minimum atomic E-state index is -0.836. The van der Waals surface area contributed by atoms with Crippen LogP contribution in [0, 0.1) is 13.8 Å². The van der Waals surface area contributed by atoms with Gasteiger partial charge in [-0.05, 0) is 60.4 Å². The monoisotopic (exact) mass is 401 g/mol. The van der Waals surface area contributed by atoms with Crippen molar-refractivity contribution >= 4 is 23.7 Å². The fourth-order valence-electron chi connectivity index (χ4n) is 2.79. The third-order valence-electron chi connectivity index (χ3n) is 4.43. The fourth-order valence-corrected chi connectivity index (χ4v) is 2.79. The molecule has 2 amide bonds. The Bertz CT molecular complexity index is 1020. The number of nitrogens with one attached hydrogen (secondary N) is 2. The largest absolute Gasteiger partial charge is 0.489 e. The summed E-state index contributed by atoms with van der Waals surface area (Å²) >= 11 is 0. The zero-order valence-electron chi connectivity index (χ0n) is 16.9. The standard InChI is InChI=1S/C24H23N3O3/c1-17-7-6-8-18(2)22(17)26-23(28)24(29)27-25-15-19-11-13-21(14-12-19)30-16-20-9-4-3-5-10-20/h3-15H,16H2,1-2H3,(H,26,28)(H,27,29)/b25-15-. The molecule has 0 aliphatic rings. The molecule has 2 N–H and O–H groups in total. The topological polar surface area (TPSA) is 79.8 Å². The van der Waals surface area contributed by atoms with Crippen molar-refractivity contribution in [1.82, 2.24) is 5.43 Å². The molecule has 0 spiro atoms. The molecular weight excluding hydrogens is 378 g/mol. The molecule has 30 heavy (non-hydrogen) atoms. The average molecular weight is 401 g/mol. The van der Waals surface area contributed by atoms with Crippen LogP contribution in [0.1, 0.15) is 22.3 Å². The summed E-state index contributed by atoms with van der Waals surface area (Å²) in [5, 5.41) is 6.47. The van der Waals surface area contributed by atoms with Gasteiger partial charge in [-0.25, -0.2) is 5.43 Å². The van der Waals surface area contributed by atoms with E-state index in [2.05, 4.69) is 15.8 Å². The molecule has 0 unspecified atom stereocenters. The van der Waals surface area contributed by atoms with Crippen molar-refractivity contribution in [3.05, 3.63) is 95.1 Å². The van der Waals surface area contributed by atoms with Gasteiger partial charge < -0.3 is 10.1 Å². The molecule has 0 atom stereocenters. The van der Waals surface area contributed by atoms with E-state index in [1.54, 1.807) is 0 Å². The molecule has 3 aromatic carbocycles. The molecule has 0 saturated carbocycles. The maximum Gasteiger partial charge on any atom is 0.329 e. The first-order valence-electron chi connectivity index (χ1n) is 9.50. The lowest BCUT2D eigenvalue weighted by atomic mass is 10.1. The summed E-state index contributed by atoms with van der Waals surface area (Å²) < 4.78 is 5.73. The summed E-state index contributed by atoms with van der Waals surface area (Å²) in [7, 11) is 0. The number of rotatable bonds is 6. The lowest BCUT2D eigenvalue weighted by molar-refractivity contribution is -0.136. The Morgan fingerprint density at radius 1 is 0.867 bits per heavy atom. The normalized spacial score (nSPS) is 10.6. The SMILES string of the molecule is Cc1cccc(C)c1NC(=O)C(=O)N/N=C\c1ccc(OCc2ccccc2)cc1. The number of carbonyl (C=O) groups is 2. The Kier molecular flexibility index (Phi) is 6.95. The van der Waals surface area contributed by atoms with Crippen LogP contribution < -0.4 is 15.5 Å². The molecule has 0 aliphatic heterocycles. The number of anilines is 1. The Morgan fingerprint density at radius 2 is 1.53 bits per heavy atom. The van der Waals surface area contributed by atoms with Crippen molar-refractivity contribution in [2.75, 3.05) is 5.32 Å². The van der Waals surface area contributed by atoms with Crippen LogP contribution in [0.5, 0.6) is 5.75 Å². The van der Waals surface area contributed by atoms with Crippen molar-refractivity contribution in [3.63, 3.8) is 0 Å². The molecule has 0 radical (unpaired) electrons. The Labute approximate surface area is 175 Å².